The molecule has 0 unspecified atom stereocenters. The zero-order valence-corrected chi connectivity index (χ0v) is 10.3. The minimum atomic E-state index is -0.839. The van der Waals surface area contributed by atoms with Crippen LogP contribution in [0.5, 0.6) is 0 Å². The van der Waals surface area contributed by atoms with Gasteiger partial charge in [0.25, 0.3) is 0 Å². The monoisotopic (exact) mass is 230 g/mol. The van der Waals surface area contributed by atoms with Crippen molar-refractivity contribution in [2.75, 3.05) is 6.54 Å². The van der Waals surface area contributed by atoms with Gasteiger partial charge in [0.15, 0.2) is 0 Å². The van der Waals surface area contributed by atoms with Crippen molar-refractivity contribution in [2.45, 2.75) is 52.0 Å². The predicted molar refractivity (Wildman–Crippen MR) is 62.4 cm³/mol. The fourth-order valence-corrected chi connectivity index (χ4v) is 1.19. The lowest BCUT2D eigenvalue weighted by Crippen LogP contribution is -2.49. The van der Waals surface area contributed by atoms with Crippen molar-refractivity contribution in [3.8, 4) is 0 Å². The van der Waals surface area contributed by atoms with Gasteiger partial charge in [-0.3, -0.25) is 4.79 Å². The molecule has 0 spiro atoms. The number of carboxylic acid groups (broad SMARTS) is 1. The first kappa shape index (κ1) is 14.7. The highest BCUT2D eigenvalue weighted by atomic mass is 16.4. The van der Waals surface area contributed by atoms with Crippen molar-refractivity contribution in [1.82, 2.24) is 10.6 Å². The Morgan fingerprint density at radius 1 is 1.25 bits per heavy atom. The standard InChI is InChI=1S/C11H22N2O3/c1-4-11(3,5-2)13-10(16)12-8-6-7-9(14)15/h4-8H2,1-3H3,(H,14,15)(H2,12,13,16). The summed E-state index contributed by atoms with van der Waals surface area (Å²) >= 11 is 0. The number of nitrogens with one attached hydrogen (secondary N) is 2. The highest BCUT2D eigenvalue weighted by Gasteiger charge is 2.21. The van der Waals surface area contributed by atoms with E-state index in [1.165, 1.54) is 0 Å². The van der Waals surface area contributed by atoms with E-state index in [4.69, 9.17) is 5.11 Å². The van der Waals surface area contributed by atoms with E-state index in [2.05, 4.69) is 10.6 Å². The minimum absolute atomic E-state index is 0.0824. The molecular formula is C11H22N2O3. The zero-order chi connectivity index (χ0) is 12.6. The van der Waals surface area contributed by atoms with E-state index in [1.807, 2.05) is 20.8 Å². The molecule has 0 radical (unpaired) electrons. The van der Waals surface area contributed by atoms with Crippen molar-refractivity contribution in [3.63, 3.8) is 0 Å². The normalized spacial score (nSPS) is 10.9. The molecule has 0 aromatic carbocycles. The Kier molecular flexibility index (Phi) is 6.53. The van der Waals surface area contributed by atoms with Gasteiger partial charge in [0, 0.05) is 18.5 Å². The molecule has 0 saturated carbocycles. The number of carbonyl (C=O) groups is 2. The molecule has 0 fully saturated rings. The van der Waals surface area contributed by atoms with Crippen LogP contribution in [0.1, 0.15) is 46.5 Å². The molecule has 0 bridgehead atoms. The Morgan fingerprint density at radius 2 is 1.81 bits per heavy atom. The van der Waals surface area contributed by atoms with Gasteiger partial charge in [-0.1, -0.05) is 13.8 Å². The van der Waals surface area contributed by atoms with Crippen molar-refractivity contribution < 1.29 is 14.7 Å². The molecule has 3 N–H and O–H groups in total. The van der Waals surface area contributed by atoms with Crippen LogP contribution in [0.3, 0.4) is 0 Å². The topological polar surface area (TPSA) is 78.4 Å². The maximum Gasteiger partial charge on any atom is 0.315 e. The van der Waals surface area contributed by atoms with Crippen LogP contribution in [0.25, 0.3) is 0 Å². The molecule has 16 heavy (non-hydrogen) atoms. The lowest BCUT2D eigenvalue weighted by atomic mass is 9.96. The molecule has 5 heteroatoms. The van der Waals surface area contributed by atoms with Crippen molar-refractivity contribution in [3.05, 3.63) is 0 Å². The van der Waals surface area contributed by atoms with Crippen molar-refractivity contribution >= 4 is 12.0 Å². The van der Waals surface area contributed by atoms with Crippen LogP contribution < -0.4 is 10.6 Å². The molecule has 0 atom stereocenters. The number of carbonyl (C=O) groups excluding carboxylic acids is 1. The van der Waals surface area contributed by atoms with Crippen LogP contribution in [-0.2, 0) is 4.79 Å². The highest BCUT2D eigenvalue weighted by Crippen LogP contribution is 2.12. The van der Waals surface area contributed by atoms with Gasteiger partial charge in [-0.15, -0.1) is 0 Å². The van der Waals surface area contributed by atoms with Gasteiger partial charge < -0.3 is 15.7 Å². The fraction of sp³-hybridized carbons (Fsp3) is 0.818. The Balaban J connectivity index is 3.77. The van der Waals surface area contributed by atoms with Crippen molar-refractivity contribution in [2.24, 2.45) is 0 Å². The number of rotatable bonds is 7. The lowest BCUT2D eigenvalue weighted by Gasteiger charge is -2.28. The zero-order valence-electron chi connectivity index (χ0n) is 10.3. The van der Waals surface area contributed by atoms with E-state index in [0.717, 1.165) is 12.8 Å². The van der Waals surface area contributed by atoms with Gasteiger partial charge in [0.1, 0.15) is 0 Å². The van der Waals surface area contributed by atoms with Crippen LogP contribution in [-0.4, -0.2) is 29.2 Å². The summed E-state index contributed by atoms with van der Waals surface area (Å²) in [5.74, 6) is -0.839. The van der Waals surface area contributed by atoms with Gasteiger partial charge in [-0.2, -0.15) is 0 Å². The highest BCUT2D eigenvalue weighted by molar-refractivity contribution is 5.74. The molecule has 0 aliphatic carbocycles. The molecule has 5 nitrogen and oxygen atoms in total. The largest absolute Gasteiger partial charge is 0.481 e. The number of hydrogen-bond acceptors (Lipinski definition) is 2. The summed E-state index contributed by atoms with van der Waals surface area (Å²) in [7, 11) is 0. The van der Waals surface area contributed by atoms with E-state index in [-0.39, 0.29) is 18.0 Å². The summed E-state index contributed by atoms with van der Waals surface area (Å²) in [5, 5.41) is 13.9. The van der Waals surface area contributed by atoms with E-state index >= 15 is 0 Å². The molecule has 0 heterocycles. The van der Waals surface area contributed by atoms with Crippen LogP contribution in [0.15, 0.2) is 0 Å². The van der Waals surface area contributed by atoms with E-state index in [9.17, 15) is 9.59 Å². The molecule has 94 valence electrons. The Hall–Kier alpha value is -1.26. The summed E-state index contributed by atoms with van der Waals surface area (Å²) in [6.07, 6.45) is 2.27. The third kappa shape index (κ3) is 6.27. The van der Waals surface area contributed by atoms with Gasteiger partial charge in [0.2, 0.25) is 0 Å². The average Bonchev–Trinajstić information content (AvgIpc) is 2.24. The van der Waals surface area contributed by atoms with E-state index in [1.54, 1.807) is 0 Å². The van der Waals surface area contributed by atoms with Crippen LogP contribution in [0, 0.1) is 0 Å². The molecule has 0 aromatic rings. The molecule has 2 amide bonds. The first-order chi connectivity index (χ1) is 7.43. The maximum atomic E-state index is 11.5. The SMILES string of the molecule is CCC(C)(CC)NC(=O)NCCCC(=O)O. The lowest BCUT2D eigenvalue weighted by molar-refractivity contribution is -0.137. The molecule has 0 aromatic heterocycles. The molecule has 0 aliphatic rings. The second kappa shape index (κ2) is 7.09. The van der Waals surface area contributed by atoms with Crippen LogP contribution in [0.2, 0.25) is 0 Å². The quantitative estimate of drug-likeness (QED) is 0.583. The summed E-state index contributed by atoms with van der Waals surface area (Å²) in [6.45, 7) is 6.42. The van der Waals surface area contributed by atoms with Gasteiger partial charge in [-0.25, -0.2) is 4.79 Å². The molecular weight excluding hydrogens is 208 g/mol. The number of carboxylic acids is 1. The van der Waals surface area contributed by atoms with E-state index < -0.39 is 5.97 Å². The Labute approximate surface area is 96.6 Å². The van der Waals surface area contributed by atoms with Gasteiger partial charge in [0.05, 0.1) is 0 Å². The Bertz CT molecular complexity index is 237. The third-order valence-electron chi connectivity index (χ3n) is 2.83. The third-order valence-corrected chi connectivity index (χ3v) is 2.83. The average molecular weight is 230 g/mol. The number of amides is 2. The summed E-state index contributed by atoms with van der Waals surface area (Å²) in [5.41, 5.74) is -0.184. The second-order valence-electron chi connectivity index (χ2n) is 4.15. The minimum Gasteiger partial charge on any atom is -0.481 e. The van der Waals surface area contributed by atoms with Crippen LogP contribution >= 0.6 is 0 Å². The number of hydrogen-bond donors (Lipinski definition) is 3. The summed E-state index contributed by atoms with van der Waals surface area (Å²) in [4.78, 5) is 21.7. The van der Waals surface area contributed by atoms with Crippen molar-refractivity contribution in [1.29, 1.82) is 0 Å². The van der Waals surface area contributed by atoms with Crippen LogP contribution in [0.4, 0.5) is 4.79 Å². The molecule has 0 aliphatic heterocycles. The summed E-state index contributed by atoms with van der Waals surface area (Å²) in [6, 6.07) is -0.225. The molecule has 0 rings (SSSR count). The summed E-state index contributed by atoms with van der Waals surface area (Å²) < 4.78 is 0. The maximum absolute atomic E-state index is 11.5. The van der Waals surface area contributed by atoms with Gasteiger partial charge in [-0.05, 0) is 26.2 Å². The van der Waals surface area contributed by atoms with Gasteiger partial charge >= 0.3 is 12.0 Å². The smallest absolute Gasteiger partial charge is 0.315 e. The predicted octanol–water partition coefficient (Wildman–Crippen LogP) is 1.73. The first-order valence-corrected chi connectivity index (χ1v) is 5.71. The van der Waals surface area contributed by atoms with E-state index in [0.29, 0.717) is 13.0 Å². The number of urea groups is 1. The first-order valence-electron chi connectivity index (χ1n) is 5.71. The second-order valence-corrected chi connectivity index (χ2v) is 4.15. The number of aliphatic carboxylic acids is 1. The molecule has 0 saturated heterocycles. The Morgan fingerprint density at radius 3 is 2.25 bits per heavy atom. The fourth-order valence-electron chi connectivity index (χ4n) is 1.19.